The molecule has 5 aliphatic carbocycles. The van der Waals surface area contributed by atoms with Gasteiger partial charge in [0.15, 0.2) is 5.69 Å². The van der Waals surface area contributed by atoms with E-state index >= 15 is 0 Å². The molecule has 5 saturated carbocycles. The first kappa shape index (κ1) is 21.2. The molecule has 6 rings (SSSR count). The molecule has 0 atom stereocenters. The van der Waals surface area contributed by atoms with Gasteiger partial charge in [-0.2, -0.15) is 0 Å². The molecule has 0 aliphatic heterocycles. The Hall–Kier alpha value is -1.63. The summed E-state index contributed by atoms with van der Waals surface area (Å²) >= 11 is 1.45. The van der Waals surface area contributed by atoms with E-state index in [4.69, 9.17) is 4.74 Å². The molecule has 0 spiro atoms. The van der Waals surface area contributed by atoms with Crippen LogP contribution in [0.25, 0.3) is 0 Å². The first-order chi connectivity index (χ1) is 15.0. The molecule has 0 aromatic carbocycles. The number of rotatable bonds is 6. The Bertz CT molecular complexity index is 781. The van der Waals surface area contributed by atoms with Crippen LogP contribution in [0.4, 0.5) is 4.79 Å². The van der Waals surface area contributed by atoms with E-state index in [9.17, 15) is 9.59 Å². The van der Waals surface area contributed by atoms with E-state index in [-0.39, 0.29) is 23.6 Å². The van der Waals surface area contributed by atoms with Gasteiger partial charge in [-0.1, -0.05) is 19.3 Å². The molecule has 31 heavy (non-hydrogen) atoms. The van der Waals surface area contributed by atoms with Crippen LogP contribution in [0.2, 0.25) is 0 Å². The van der Waals surface area contributed by atoms with Gasteiger partial charge in [-0.05, 0) is 76.0 Å². The molecule has 1 aromatic rings. The molecule has 0 radical (unpaired) electrons. The Morgan fingerprint density at radius 1 is 1.13 bits per heavy atom. The number of amides is 2. The van der Waals surface area contributed by atoms with Gasteiger partial charge < -0.3 is 15.0 Å². The van der Waals surface area contributed by atoms with E-state index in [1.54, 1.807) is 12.3 Å². The largest absolute Gasteiger partial charge is 0.461 e. The quantitative estimate of drug-likeness (QED) is 0.616. The molecule has 5 fully saturated rings. The zero-order chi connectivity index (χ0) is 21.4. The van der Waals surface area contributed by atoms with Crippen molar-refractivity contribution in [3.63, 3.8) is 0 Å². The molecule has 4 bridgehead atoms. The Morgan fingerprint density at radius 2 is 1.77 bits per heavy atom. The lowest BCUT2D eigenvalue weighted by Gasteiger charge is -2.57. The van der Waals surface area contributed by atoms with Crippen molar-refractivity contribution in [3.05, 3.63) is 16.1 Å². The fraction of sp³-hybridized carbons (Fsp3) is 0.792. The summed E-state index contributed by atoms with van der Waals surface area (Å²) in [5.74, 6) is 2.04. The molecule has 0 saturated heterocycles. The van der Waals surface area contributed by atoms with Crippen LogP contribution in [0.3, 0.4) is 0 Å². The highest BCUT2D eigenvalue weighted by atomic mass is 32.1. The van der Waals surface area contributed by atoms with Gasteiger partial charge in [0.05, 0.1) is 13.2 Å². The monoisotopic (exact) mass is 445 g/mol. The van der Waals surface area contributed by atoms with E-state index in [1.165, 1.54) is 49.9 Å². The number of urea groups is 1. The number of esters is 1. The molecule has 2 amide bonds. The highest BCUT2D eigenvalue weighted by Crippen LogP contribution is 2.55. The van der Waals surface area contributed by atoms with Gasteiger partial charge in [0.1, 0.15) is 5.01 Å². The summed E-state index contributed by atoms with van der Waals surface area (Å²) in [6.07, 6.45) is 13.3. The van der Waals surface area contributed by atoms with Crippen molar-refractivity contribution in [1.82, 2.24) is 15.2 Å². The zero-order valence-electron chi connectivity index (χ0n) is 18.6. The molecular weight excluding hydrogens is 410 g/mol. The summed E-state index contributed by atoms with van der Waals surface area (Å²) in [7, 11) is 0. The topological polar surface area (TPSA) is 71.5 Å². The summed E-state index contributed by atoms with van der Waals surface area (Å²) in [6, 6.07) is 0.347. The van der Waals surface area contributed by atoms with Crippen molar-refractivity contribution >= 4 is 23.3 Å². The number of thiazole rings is 1. The smallest absolute Gasteiger partial charge is 0.357 e. The zero-order valence-corrected chi connectivity index (χ0v) is 19.4. The molecule has 7 heteroatoms. The van der Waals surface area contributed by atoms with Gasteiger partial charge in [0.25, 0.3) is 0 Å². The van der Waals surface area contributed by atoms with Gasteiger partial charge in [-0.25, -0.2) is 14.6 Å². The van der Waals surface area contributed by atoms with Crippen molar-refractivity contribution < 1.29 is 14.3 Å². The van der Waals surface area contributed by atoms with Crippen LogP contribution in [0.15, 0.2) is 5.38 Å². The lowest BCUT2D eigenvalue weighted by molar-refractivity contribution is -0.0169. The number of aromatic nitrogens is 1. The minimum atomic E-state index is -0.382. The Morgan fingerprint density at radius 3 is 2.39 bits per heavy atom. The number of nitrogens with zero attached hydrogens (tertiary/aromatic N) is 2. The summed E-state index contributed by atoms with van der Waals surface area (Å²) in [4.78, 5) is 32.2. The molecule has 1 heterocycles. The van der Waals surface area contributed by atoms with Crippen LogP contribution in [-0.2, 0) is 11.3 Å². The fourth-order valence-electron chi connectivity index (χ4n) is 7.15. The van der Waals surface area contributed by atoms with E-state index in [0.717, 1.165) is 54.9 Å². The number of carbonyl (C=O) groups is 2. The van der Waals surface area contributed by atoms with Crippen LogP contribution in [0.1, 0.15) is 93.0 Å². The summed E-state index contributed by atoms with van der Waals surface area (Å²) < 4.78 is 5.08. The van der Waals surface area contributed by atoms with E-state index < -0.39 is 0 Å². The third-order valence-electron chi connectivity index (χ3n) is 8.03. The molecular formula is C24H35N3O3S. The normalized spacial score (nSPS) is 32.1. The average molecular weight is 446 g/mol. The van der Waals surface area contributed by atoms with E-state index in [0.29, 0.717) is 18.8 Å². The van der Waals surface area contributed by atoms with Gasteiger partial charge >= 0.3 is 12.0 Å². The second-order valence-corrected chi connectivity index (χ2v) is 11.3. The predicted octanol–water partition coefficient (Wildman–Crippen LogP) is 5.13. The van der Waals surface area contributed by atoms with Gasteiger partial charge in [-0.3, -0.25) is 0 Å². The fourth-order valence-corrected chi connectivity index (χ4v) is 7.91. The number of nitrogens with one attached hydrogen (secondary N) is 1. The molecule has 6 nitrogen and oxygen atoms in total. The lowest BCUT2D eigenvalue weighted by atomic mass is 9.53. The third-order valence-corrected chi connectivity index (χ3v) is 8.86. The highest BCUT2D eigenvalue weighted by Gasteiger charge is 2.52. The maximum Gasteiger partial charge on any atom is 0.357 e. The van der Waals surface area contributed by atoms with E-state index in [1.807, 2.05) is 4.90 Å². The summed E-state index contributed by atoms with van der Waals surface area (Å²) in [5.41, 5.74) is 0.365. The summed E-state index contributed by atoms with van der Waals surface area (Å²) in [5, 5.41) is 6.13. The van der Waals surface area contributed by atoms with Gasteiger partial charge in [0.2, 0.25) is 0 Å². The Labute approximate surface area is 189 Å². The molecule has 5 aliphatic rings. The number of carbonyl (C=O) groups excluding carboxylic acids is 2. The molecule has 1 aromatic heterocycles. The second kappa shape index (κ2) is 8.72. The Balaban J connectivity index is 1.31. The predicted molar refractivity (Wildman–Crippen MR) is 120 cm³/mol. The average Bonchev–Trinajstić information content (AvgIpc) is 3.20. The van der Waals surface area contributed by atoms with Crippen LogP contribution < -0.4 is 5.32 Å². The number of hydrogen-bond donors (Lipinski definition) is 1. The van der Waals surface area contributed by atoms with Crippen LogP contribution >= 0.6 is 11.3 Å². The first-order valence-corrected chi connectivity index (χ1v) is 13.1. The number of ether oxygens (including phenoxy) is 1. The lowest BCUT2D eigenvalue weighted by Crippen LogP contribution is -2.62. The second-order valence-electron chi connectivity index (χ2n) is 10.4. The standard InChI is InChI=1S/C24H35N3O3S/c1-2-30-22(28)20-15-31-21(25-20)14-27(19-6-4-3-5-7-19)23(29)26-24-11-16-8-17(12-24)10-18(9-16)13-24/h15-19H,2-14H2,1H3,(H,26,29). The maximum absolute atomic E-state index is 13.7. The molecule has 170 valence electrons. The Kier molecular flexibility index (Phi) is 5.97. The van der Waals surface area contributed by atoms with Crippen molar-refractivity contribution in [2.24, 2.45) is 17.8 Å². The first-order valence-electron chi connectivity index (χ1n) is 12.2. The van der Waals surface area contributed by atoms with E-state index in [2.05, 4.69) is 10.3 Å². The van der Waals surface area contributed by atoms with Crippen LogP contribution in [0, 0.1) is 17.8 Å². The molecule has 1 N–H and O–H groups in total. The minimum Gasteiger partial charge on any atom is -0.461 e. The van der Waals surface area contributed by atoms with Crippen LogP contribution in [-0.4, -0.2) is 40.1 Å². The number of hydrogen-bond acceptors (Lipinski definition) is 5. The third kappa shape index (κ3) is 4.48. The van der Waals surface area contributed by atoms with Gasteiger partial charge in [0, 0.05) is 17.0 Å². The molecule has 0 unspecified atom stereocenters. The summed E-state index contributed by atoms with van der Waals surface area (Å²) in [6.45, 7) is 2.62. The van der Waals surface area contributed by atoms with Crippen molar-refractivity contribution in [2.45, 2.75) is 95.7 Å². The van der Waals surface area contributed by atoms with Crippen molar-refractivity contribution in [2.75, 3.05) is 6.61 Å². The maximum atomic E-state index is 13.7. The van der Waals surface area contributed by atoms with Gasteiger partial charge in [-0.15, -0.1) is 11.3 Å². The highest BCUT2D eigenvalue weighted by molar-refractivity contribution is 7.09. The SMILES string of the molecule is CCOC(=O)c1csc(CN(C(=O)NC23CC4CC(CC(C4)C2)C3)C2CCCCC2)n1. The van der Waals surface area contributed by atoms with Crippen molar-refractivity contribution in [1.29, 1.82) is 0 Å². The van der Waals surface area contributed by atoms with Crippen LogP contribution in [0.5, 0.6) is 0 Å². The minimum absolute atomic E-state index is 0.0116. The van der Waals surface area contributed by atoms with Crippen molar-refractivity contribution in [3.8, 4) is 0 Å².